The van der Waals surface area contributed by atoms with Gasteiger partial charge in [-0.15, -0.1) is 0 Å². The Labute approximate surface area is 137 Å². The number of benzene rings is 1. The lowest BCUT2D eigenvalue weighted by molar-refractivity contribution is 0.0189. The Morgan fingerprint density at radius 1 is 0.870 bits per heavy atom. The van der Waals surface area contributed by atoms with Crippen molar-refractivity contribution < 1.29 is 31.9 Å². The van der Waals surface area contributed by atoms with Crippen molar-refractivity contribution in [2.24, 2.45) is 0 Å². The van der Waals surface area contributed by atoms with E-state index in [9.17, 15) is 14.0 Å². The first-order valence-electron chi connectivity index (χ1n) is 7.00. The largest absolute Gasteiger partial charge is 0.536 e. The van der Waals surface area contributed by atoms with Gasteiger partial charge in [0.1, 0.15) is 5.75 Å². The summed E-state index contributed by atoms with van der Waals surface area (Å²) in [5.41, 5.74) is -1.85. The third kappa shape index (κ3) is 8.66. The van der Waals surface area contributed by atoms with Crippen molar-refractivity contribution in [2.75, 3.05) is 0 Å². The van der Waals surface area contributed by atoms with E-state index < -0.39 is 26.8 Å². The van der Waals surface area contributed by atoms with E-state index in [1.165, 1.54) is 12.1 Å². The fraction of sp³-hybridized carbons (Fsp3) is 0.571. The van der Waals surface area contributed by atoms with Gasteiger partial charge in [0.2, 0.25) is 0 Å². The molecule has 0 aliphatic carbocycles. The number of phosphoric ester groups is 2. The van der Waals surface area contributed by atoms with Gasteiger partial charge in [-0.3, -0.25) is 13.9 Å². The van der Waals surface area contributed by atoms with Gasteiger partial charge in [0.25, 0.3) is 0 Å². The molecule has 0 fully saturated rings. The zero-order chi connectivity index (χ0) is 17.9. The Hall–Kier alpha value is -0.680. The molecule has 0 radical (unpaired) electrons. The zero-order valence-electron chi connectivity index (χ0n) is 14.2. The molecule has 0 saturated heterocycles. The highest BCUT2D eigenvalue weighted by Crippen LogP contribution is 2.65. The van der Waals surface area contributed by atoms with Gasteiger partial charge >= 0.3 is 15.6 Å². The molecule has 7 nitrogen and oxygen atoms in total. The normalized spacial score (nSPS) is 16.0. The van der Waals surface area contributed by atoms with Crippen molar-refractivity contribution in [2.45, 2.75) is 52.7 Å². The lowest BCUT2D eigenvalue weighted by Gasteiger charge is -2.31. The Balaban J connectivity index is 2.99. The molecule has 1 rings (SSSR count). The van der Waals surface area contributed by atoms with Gasteiger partial charge in [0, 0.05) is 0 Å². The lowest BCUT2D eigenvalue weighted by atomic mass is 10.2. The van der Waals surface area contributed by atoms with E-state index >= 15 is 0 Å². The van der Waals surface area contributed by atoms with Crippen LogP contribution in [-0.2, 0) is 22.5 Å². The van der Waals surface area contributed by atoms with Crippen LogP contribution >= 0.6 is 15.6 Å². The fourth-order valence-electron chi connectivity index (χ4n) is 1.48. The minimum absolute atomic E-state index is 0.0939. The molecule has 0 aliphatic rings. The third-order valence-corrected chi connectivity index (χ3v) is 5.55. The Morgan fingerprint density at radius 3 is 1.70 bits per heavy atom. The highest BCUT2D eigenvalue weighted by molar-refractivity contribution is 7.62. The van der Waals surface area contributed by atoms with Crippen molar-refractivity contribution in [3.8, 4) is 5.75 Å². The molecule has 1 atom stereocenters. The van der Waals surface area contributed by atoms with E-state index in [1.54, 1.807) is 59.7 Å². The quantitative estimate of drug-likeness (QED) is 0.714. The van der Waals surface area contributed by atoms with Crippen molar-refractivity contribution >= 4 is 15.6 Å². The van der Waals surface area contributed by atoms with Crippen molar-refractivity contribution in [1.29, 1.82) is 0 Å². The minimum atomic E-state index is -4.72. The van der Waals surface area contributed by atoms with Gasteiger partial charge in [0.15, 0.2) is 0 Å². The summed E-state index contributed by atoms with van der Waals surface area (Å²) < 4.78 is 45.1. The Morgan fingerprint density at radius 2 is 1.30 bits per heavy atom. The van der Waals surface area contributed by atoms with Crippen LogP contribution in [0.5, 0.6) is 5.75 Å². The predicted molar refractivity (Wildman–Crippen MR) is 87.3 cm³/mol. The number of hydrogen-bond acceptors (Lipinski definition) is 6. The summed E-state index contributed by atoms with van der Waals surface area (Å²) in [6.07, 6.45) is 0. The second-order valence-electron chi connectivity index (χ2n) is 6.81. The maximum Gasteiger partial charge on any atom is 0.536 e. The summed E-state index contributed by atoms with van der Waals surface area (Å²) in [7, 11) is -9.08. The molecular weight excluding hydrogens is 342 g/mol. The molecular formula is C14H24O7P2. The van der Waals surface area contributed by atoms with Crippen LogP contribution in [0.1, 0.15) is 41.5 Å². The summed E-state index contributed by atoms with van der Waals surface area (Å²) in [5, 5.41) is 0. The maximum absolute atomic E-state index is 12.8. The highest BCUT2D eigenvalue weighted by atomic mass is 31.3. The van der Waals surface area contributed by atoms with Crippen molar-refractivity contribution in [3.05, 3.63) is 30.3 Å². The highest BCUT2D eigenvalue weighted by Gasteiger charge is 2.44. The average Bonchev–Trinajstić information content (AvgIpc) is 2.21. The van der Waals surface area contributed by atoms with Crippen LogP contribution in [0.4, 0.5) is 0 Å². The van der Waals surface area contributed by atoms with E-state index in [2.05, 4.69) is 0 Å². The fourth-order valence-corrected chi connectivity index (χ4v) is 4.66. The molecule has 0 aromatic heterocycles. The van der Waals surface area contributed by atoms with E-state index in [4.69, 9.17) is 17.9 Å². The van der Waals surface area contributed by atoms with Gasteiger partial charge < -0.3 is 4.52 Å². The topological polar surface area (TPSA) is 91.3 Å². The summed E-state index contributed by atoms with van der Waals surface area (Å²) in [6, 6.07) is 7.88. The molecule has 1 N–H and O–H groups in total. The van der Waals surface area contributed by atoms with Gasteiger partial charge in [-0.05, 0) is 53.7 Å². The first kappa shape index (κ1) is 20.4. The van der Waals surface area contributed by atoms with E-state index in [0.717, 1.165) is 0 Å². The number of hydrogen-bond donors (Lipinski definition) is 1. The molecule has 0 aliphatic heterocycles. The van der Waals surface area contributed by atoms with Crippen molar-refractivity contribution in [1.82, 2.24) is 0 Å². The smallest absolute Gasteiger partial charge is 0.404 e. The first-order valence-corrected chi connectivity index (χ1v) is 9.96. The molecule has 9 heteroatoms. The summed E-state index contributed by atoms with van der Waals surface area (Å²) in [5.74, 6) is 0.0939. The van der Waals surface area contributed by atoms with Crippen molar-refractivity contribution in [3.63, 3.8) is 0 Å². The summed E-state index contributed by atoms with van der Waals surface area (Å²) in [6.45, 7) is 9.72. The Bertz CT molecular complexity index is 582. The van der Waals surface area contributed by atoms with Gasteiger partial charge in [0.05, 0.1) is 11.2 Å². The van der Waals surface area contributed by atoms with E-state index in [0.29, 0.717) is 0 Å². The van der Waals surface area contributed by atoms with Gasteiger partial charge in [-0.25, -0.2) is 9.13 Å². The molecule has 0 amide bonds. The second-order valence-corrected chi connectivity index (χ2v) is 9.84. The van der Waals surface area contributed by atoms with Crippen LogP contribution in [0.15, 0.2) is 30.3 Å². The molecule has 23 heavy (non-hydrogen) atoms. The molecule has 1 aromatic carbocycles. The van der Waals surface area contributed by atoms with Crippen LogP contribution in [0.3, 0.4) is 0 Å². The number of para-hydroxylation sites is 1. The molecule has 1 unspecified atom stereocenters. The van der Waals surface area contributed by atoms with Crippen LogP contribution in [0.25, 0.3) is 0 Å². The van der Waals surface area contributed by atoms with Crippen LogP contribution in [0.2, 0.25) is 0 Å². The monoisotopic (exact) mass is 366 g/mol. The number of phosphoric acid groups is 2. The molecule has 0 bridgehead atoms. The average molecular weight is 366 g/mol. The molecule has 132 valence electrons. The number of rotatable bonds is 6. The third-order valence-electron chi connectivity index (χ3n) is 1.94. The van der Waals surface area contributed by atoms with Crippen LogP contribution in [-0.4, -0.2) is 16.1 Å². The van der Waals surface area contributed by atoms with Crippen LogP contribution in [0, 0.1) is 0 Å². The molecule has 0 saturated carbocycles. The lowest BCUT2D eigenvalue weighted by Crippen LogP contribution is -2.24. The van der Waals surface area contributed by atoms with E-state index in [1.807, 2.05) is 0 Å². The minimum Gasteiger partial charge on any atom is -0.404 e. The molecule has 0 spiro atoms. The summed E-state index contributed by atoms with van der Waals surface area (Å²) in [4.78, 5) is 9.88. The first-order chi connectivity index (χ1) is 10.2. The standard InChI is InChI=1S/C14H24O7P2/c1-13(2,3)19-23(17,20-14(4,5)6)21-22(15,16)18-12-10-8-7-9-11-12/h7-11H,1-6H3,(H,15,16). The van der Waals surface area contributed by atoms with Crippen LogP contribution < -0.4 is 4.52 Å². The zero-order valence-corrected chi connectivity index (χ0v) is 16.0. The second kappa shape index (κ2) is 7.06. The molecule has 1 aromatic rings. The van der Waals surface area contributed by atoms with Gasteiger partial charge in [-0.1, -0.05) is 18.2 Å². The maximum atomic E-state index is 12.8. The van der Waals surface area contributed by atoms with Gasteiger partial charge in [-0.2, -0.15) is 4.31 Å². The predicted octanol–water partition coefficient (Wildman–Crippen LogP) is 4.92. The Kier molecular flexibility index (Phi) is 6.25. The molecule has 0 heterocycles. The summed E-state index contributed by atoms with van der Waals surface area (Å²) >= 11 is 0. The van der Waals surface area contributed by atoms with E-state index in [-0.39, 0.29) is 5.75 Å². The SMILES string of the molecule is CC(C)(C)OP(=O)(OC(C)(C)C)OP(=O)(O)Oc1ccccc1.